The van der Waals surface area contributed by atoms with Crippen molar-refractivity contribution in [3.05, 3.63) is 96.2 Å². The molecule has 0 bridgehead atoms. The number of carbonyl (C=O) groups excluding carboxylic acids is 2. The van der Waals surface area contributed by atoms with Gasteiger partial charge in [0.1, 0.15) is 18.0 Å². The molecule has 8 nitrogen and oxygen atoms in total. The molecule has 1 aliphatic rings. The molecule has 3 aromatic heterocycles. The summed E-state index contributed by atoms with van der Waals surface area (Å²) in [4.78, 5) is 35.8. The molecule has 2 amide bonds. The standard InChI is InChI=1S/C26H25N5O3/c32-25(20-6-4-11-27-16-20)29-21-9-13-30(14-10-21)26(33)19-5-3-7-23(15-19)34-18-22-17-31-12-2-1-8-24(31)28-22/h1-8,11-12,15-17,21H,9-10,13-14,18H2,(H,29,32). The summed E-state index contributed by atoms with van der Waals surface area (Å²) in [6.07, 6.45) is 8.49. The molecule has 1 saturated heterocycles. The molecule has 5 rings (SSSR count). The van der Waals surface area contributed by atoms with Gasteiger partial charge in [0.15, 0.2) is 0 Å². The Hall–Kier alpha value is -4.20. The number of benzene rings is 1. The van der Waals surface area contributed by atoms with Crippen LogP contribution < -0.4 is 10.1 Å². The van der Waals surface area contributed by atoms with Gasteiger partial charge < -0.3 is 19.4 Å². The first-order valence-electron chi connectivity index (χ1n) is 11.3. The van der Waals surface area contributed by atoms with Crippen LogP contribution in [0.2, 0.25) is 0 Å². The molecule has 1 fully saturated rings. The summed E-state index contributed by atoms with van der Waals surface area (Å²) in [6, 6.07) is 16.6. The number of hydrogen-bond acceptors (Lipinski definition) is 5. The molecule has 1 aliphatic heterocycles. The molecule has 8 heteroatoms. The number of likely N-dealkylation sites (tertiary alicyclic amines) is 1. The van der Waals surface area contributed by atoms with Crippen molar-refractivity contribution in [3.63, 3.8) is 0 Å². The van der Waals surface area contributed by atoms with E-state index >= 15 is 0 Å². The fourth-order valence-corrected chi connectivity index (χ4v) is 4.11. The number of piperidine rings is 1. The molecule has 4 aromatic rings. The summed E-state index contributed by atoms with van der Waals surface area (Å²) in [7, 11) is 0. The molecule has 0 atom stereocenters. The third kappa shape index (κ3) is 4.91. The molecule has 0 saturated carbocycles. The van der Waals surface area contributed by atoms with Crippen LogP contribution in [0.25, 0.3) is 5.65 Å². The predicted octanol–water partition coefficient (Wildman–Crippen LogP) is 3.34. The Kier molecular flexibility index (Phi) is 6.20. The fraction of sp³-hybridized carbons (Fsp3) is 0.231. The maximum absolute atomic E-state index is 13.1. The van der Waals surface area contributed by atoms with Gasteiger partial charge in [0.2, 0.25) is 0 Å². The molecule has 1 aromatic carbocycles. The lowest BCUT2D eigenvalue weighted by Crippen LogP contribution is -2.46. The molecule has 0 aliphatic carbocycles. The lowest BCUT2D eigenvalue weighted by atomic mass is 10.0. The van der Waals surface area contributed by atoms with E-state index in [1.807, 2.05) is 52.0 Å². The Morgan fingerprint density at radius 2 is 1.88 bits per heavy atom. The second-order valence-corrected chi connectivity index (χ2v) is 8.30. The Morgan fingerprint density at radius 3 is 2.68 bits per heavy atom. The SMILES string of the molecule is O=C(NC1CCN(C(=O)c2cccc(OCc3cn4ccccc4n3)c2)CC1)c1cccnc1. The number of amides is 2. The van der Waals surface area contributed by atoms with Crippen LogP contribution in [0.1, 0.15) is 39.3 Å². The summed E-state index contributed by atoms with van der Waals surface area (Å²) < 4.78 is 7.85. The molecule has 172 valence electrons. The van der Waals surface area contributed by atoms with Gasteiger partial charge in [0, 0.05) is 49.5 Å². The average Bonchev–Trinajstić information content (AvgIpc) is 3.31. The smallest absolute Gasteiger partial charge is 0.253 e. The van der Waals surface area contributed by atoms with Gasteiger partial charge in [-0.3, -0.25) is 14.6 Å². The Balaban J connectivity index is 1.15. The van der Waals surface area contributed by atoms with Crippen molar-refractivity contribution < 1.29 is 14.3 Å². The van der Waals surface area contributed by atoms with Crippen molar-refractivity contribution in [1.82, 2.24) is 24.6 Å². The molecular formula is C26H25N5O3. The van der Waals surface area contributed by atoms with Crippen LogP contribution in [0.3, 0.4) is 0 Å². The largest absolute Gasteiger partial charge is 0.487 e. The van der Waals surface area contributed by atoms with Crippen molar-refractivity contribution in [1.29, 1.82) is 0 Å². The minimum absolute atomic E-state index is 0.0322. The van der Waals surface area contributed by atoms with Gasteiger partial charge in [0.25, 0.3) is 11.8 Å². The first kappa shape index (κ1) is 21.6. The predicted molar refractivity (Wildman–Crippen MR) is 127 cm³/mol. The normalized spacial score (nSPS) is 14.2. The third-order valence-corrected chi connectivity index (χ3v) is 5.92. The first-order chi connectivity index (χ1) is 16.7. The van der Waals surface area contributed by atoms with Crippen LogP contribution in [0.4, 0.5) is 0 Å². The number of rotatable bonds is 6. The van der Waals surface area contributed by atoms with Crippen molar-refractivity contribution in [2.24, 2.45) is 0 Å². The summed E-state index contributed by atoms with van der Waals surface area (Å²) in [5.74, 6) is 0.463. The first-order valence-corrected chi connectivity index (χ1v) is 11.3. The minimum atomic E-state index is -0.131. The number of nitrogens with zero attached hydrogens (tertiary/aromatic N) is 4. The topological polar surface area (TPSA) is 88.8 Å². The van der Waals surface area contributed by atoms with Crippen LogP contribution in [-0.2, 0) is 6.61 Å². The maximum atomic E-state index is 13.1. The second kappa shape index (κ2) is 9.74. The monoisotopic (exact) mass is 455 g/mol. The molecule has 4 heterocycles. The second-order valence-electron chi connectivity index (χ2n) is 8.30. The highest BCUT2D eigenvalue weighted by Crippen LogP contribution is 2.19. The van der Waals surface area contributed by atoms with E-state index in [0.717, 1.165) is 11.3 Å². The molecule has 0 unspecified atom stereocenters. The molecule has 34 heavy (non-hydrogen) atoms. The summed E-state index contributed by atoms with van der Waals surface area (Å²) in [5, 5.41) is 3.04. The Morgan fingerprint density at radius 1 is 1.03 bits per heavy atom. The molecule has 0 radical (unpaired) electrons. The highest BCUT2D eigenvalue weighted by atomic mass is 16.5. The highest BCUT2D eigenvalue weighted by Gasteiger charge is 2.25. The van der Waals surface area contributed by atoms with E-state index in [-0.39, 0.29) is 17.9 Å². The number of hydrogen-bond donors (Lipinski definition) is 1. The number of fused-ring (bicyclic) bond motifs is 1. The van der Waals surface area contributed by atoms with E-state index in [1.165, 1.54) is 0 Å². The minimum Gasteiger partial charge on any atom is -0.487 e. The van der Waals surface area contributed by atoms with E-state index in [2.05, 4.69) is 15.3 Å². The van der Waals surface area contributed by atoms with E-state index in [9.17, 15) is 9.59 Å². The lowest BCUT2D eigenvalue weighted by Gasteiger charge is -2.32. The summed E-state index contributed by atoms with van der Waals surface area (Å²) in [5.41, 5.74) is 2.81. The summed E-state index contributed by atoms with van der Waals surface area (Å²) >= 11 is 0. The van der Waals surface area contributed by atoms with Gasteiger partial charge in [0.05, 0.1) is 11.3 Å². The number of ether oxygens (including phenoxy) is 1. The quantitative estimate of drug-likeness (QED) is 0.482. The zero-order valence-corrected chi connectivity index (χ0v) is 18.6. The number of carbonyl (C=O) groups is 2. The summed E-state index contributed by atoms with van der Waals surface area (Å²) in [6.45, 7) is 1.49. The zero-order chi connectivity index (χ0) is 23.3. The van der Waals surface area contributed by atoms with Gasteiger partial charge in [-0.1, -0.05) is 12.1 Å². The molecular weight excluding hydrogens is 430 g/mol. The van der Waals surface area contributed by atoms with Crippen LogP contribution >= 0.6 is 0 Å². The van der Waals surface area contributed by atoms with E-state index < -0.39 is 0 Å². The van der Waals surface area contributed by atoms with Crippen LogP contribution in [0.15, 0.2) is 79.4 Å². The maximum Gasteiger partial charge on any atom is 0.253 e. The zero-order valence-electron chi connectivity index (χ0n) is 18.6. The highest BCUT2D eigenvalue weighted by molar-refractivity contribution is 5.95. The van der Waals surface area contributed by atoms with Gasteiger partial charge in [-0.2, -0.15) is 0 Å². The Bertz CT molecular complexity index is 1260. The number of imidazole rings is 1. The van der Waals surface area contributed by atoms with Gasteiger partial charge in [-0.25, -0.2) is 4.98 Å². The van der Waals surface area contributed by atoms with Crippen LogP contribution in [0, 0.1) is 0 Å². The average molecular weight is 456 g/mol. The van der Waals surface area contributed by atoms with E-state index in [0.29, 0.717) is 49.4 Å². The number of pyridine rings is 2. The lowest BCUT2D eigenvalue weighted by molar-refractivity contribution is 0.0697. The van der Waals surface area contributed by atoms with Crippen molar-refractivity contribution >= 4 is 17.5 Å². The molecule has 0 spiro atoms. The van der Waals surface area contributed by atoms with Gasteiger partial charge >= 0.3 is 0 Å². The van der Waals surface area contributed by atoms with Crippen LogP contribution in [-0.4, -0.2) is 50.2 Å². The van der Waals surface area contributed by atoms with Gasteiger partial charge in [-0.05, 0) is 55.3 Å². The van der Waals surface area contributed by atoms with Gasteiger partial charge in [-0.15, -0.1) is 0 Å². The van der Waals surface area contributed by atoms with E-state index in [4.69, 9.17) is 4.74 Å². The van der Waals surface area contributed by atoms with Crippen molar-refractivity contribution in [3.8, 4) is 5.75 Å². The fourth-order valence-electron chi connectivity index (χ4n) is 4.11. The van der Waals surface area contributed by atoms with Crippen molar-refractivity contribution in [2.45, 2.75) is 25.5 Å². The third-order valence-electron chi connectivity index (χ3n) is 5.92. The Labute approximate surface area is 197 Å². The number of nitrogens with one attached hydrogen (secondary N) is 1. The molecule has 1 N–H and O–H groups in total. The van der Waals surface area contributed by atoms with E-state index in [1.54, 1.807) is 36.7 Å². The van der Waals surface area contributed by atoms with Crippen molar-refractivity contribution in [2.75, 3.05) is 13.1 Å². The van der Waals surface area contributed by atoms with Crippen LogP contribution in [0.5, 0.6) is 5.75 Å². The number of aromatic nitrogens is 3.